The summed E-state index contributed by atoms with van der Waals surface area (Å²) in [4.78, 5) is 0. The first-order chi connectivity index (χ1) is 8.72. The molecule has 0 aromatic heterocycles. The Bertz CT molecular complexity index is 191. The van der Waals surface area contributed by atoms with Crippen molar-refractivity contribution in [3.8, 4) is 0 Å². The topological polar surface area (TPSA) is 30.5 Å². The molecule has 0 aromatic carbocycles. The van der Waals surface area contributed by atoms with Gasteiger partial charge in [-0.05, 0) is 58.9 Å². The van der Waals surface area contributed by atoms with Crippen LogP contribution in [0.1, 0.15) is 59.3 Å². The number of ether oxygens (including phenoxy) is 2. The van der Waals surface area contributed by atoms with Crippen molar-refractivity contribution < 1.29 is 9.47 Å². The van der Waals surface area contributed by atoms with Crippen LogP contribution in [0.3, 0.4) is 0 Å². The minimum Gasteiger partial charge on any atom is -0.378 e. The van der Waals surface area contributed by atoms with Crippen LogP contribution in [-0.4, -0.2) is 38.0 Å². The molecule has 0 saturated carbocycles. The summed E-state index contributed by atoms with van der Waals surface area (Å²) in [6.45, 7) is 9.31. The first-order valence-corrected chi connectivity index (χ1v) is 7.69. The van der Waals surface area contributed by atoms with Gasteiger partial charge in [0.15, 0.2) is 0 Å². The maximum atomic E-state index is 5.73. The third-order valence-corrected chi connectivity index (χ3v) is 3.42. The summed E-state index contributed by atoms with van der Waals surface area (Å²) >= 11 is 0. The molecule has 1 N–H and O–H groups in total. The van der Waals surface area contributed by atoms with Gasteiger partial charge in [0.2, 0.25) is 0 Å². The highest BCUT2D eigenvalue weighted by Gasteiger charge is 2.16. The van der Waals surface area contributed by atoms with Gasteiger partial charge in [-0.2, -0.15) is 0 Å². The Labute approximate surface area is 113 Å². The lowest BCUT2D eigenvalue weighted by Crippen LogP contribution is -2.35. The van der Waals surface area contributed by atoms with Crippen LogP contribution in [0.2, 0.25) is 0 Å². The number of rotatable bonds is 10. The van der Waals surface area contributed by atoms with Crippen LogP contribution >= 0.6 is 0 Å². The average Bonchev–Trinajstić information content (AvgIpc) is 2.84. The molecule has 0 spiro atoms. The Morgan fingerprint density at radius 1 is 1.39 bits per heavy atom. The van der Waals surface area contributed by atoms with Crippen molar-refractivity contribution in [1.82, 2.24) is 5.32 Å². The van der Waals surface area contributed by atoms with Crippen molar-refractivity contribution in [1.29, 1.82) is 0 Å². The van der Waals surface area contributed by atoms with E-state index in [9.17, 15) is 0 Å². The molecule has 0 amide bonds. The number of hydrogen-bond acceptors (Lipinski definition) is 3. The fourth-order valence-corrected chi connectivity index (χ4v) is 2.37. The summed E-state index contributed by atoms with van der Waals surface area (Å²) in [7, 11) is 0. The van der Waals surface area contributed by atoms with Gasteiger partial charge in [0.1, 0.15) is 0 Å². The fourth-order valence-electron chi connectivity index (χ4n) is 2.37. The second kappa shape index (κ2) is 9.76. The van der Waals surface area contributed by atoms with Gasteiger partial charge in [0.25, 0.3) is 0 Å². The largest absolute Gasteiger partial charge is 0.378 e. The van der Waals surface area contributed by atoms with Crippen molar-refractivity contribution in [2.75, 3.05) is 19.8 Å². The number of hydrogen-bond donors (Lipinski definition) is 1. The Balaban J connectivity index is 2.12. The second-order valence-corrected chi connectivity index (χ2v) is 5.60. The summed E-state index contributed by atoms with van der Waals surface area (Å²) < 4.78 is 11.4. The molecular weight excluding hydrogens is 226 g/mol. The van der Waals surface area contributed by atoms with Gasteiger partial charge in [0.05, 0.1) is 18.8 Å². The SMILES string of the molecule is CCCNC(CCCC1CCCO1)COC(C)C. The van der Waals surface area contributed by atoms with E-state index in [1.54, 1.807) is 0 Å². The molecule has 108 valence electrons. The molecule has 1 fully saturated rings. The van der Waals surface area contributed by atoms with E-state index in [2.05, 4.69) is 26.1 Å². The van der Waals surface area contributed by atoms with E-state index in [4.69, 9.17) is 9.47 Å². The van der Waals surface area contributed by atoms with Crippen LogP contribution in [0.4, 0.5) is 0 Å². The van der Waals surface area contributed by atoms with E-state index < -0.39 is 0 Å². The molecule has 2 unspecified atom stereocenters. The van der Waals surface area contributed by atoms with Crippen LogP contribution in [0.5, 0.6) is 0 Å². The van der Waals surface area contributed by atoms with Crippen LogP contribution < -0.4 is 5.32 Å². The predicted octanol–water partition coefficient (Wildman–Crippen LogP) is 3.13. The summed E-state index contributed by atoms with van der Waals surface area (Å²) in [6, 6.07) is 0.508. The molecule has 0 aromatic rings. The molecular formula is C15H31NO2. The summed E-state index contributed by atoms with van der Waals surface area (Å²) in [5.41, 5.74) is 0. The van der Waals surface area contributed by atoms with Crippen LogP contribution in [0, 0.1) is 0 Å². The molecule has 0 bridgehead atoms. The summed E-state index contributed by atoms with van der Waals surface area (Å²) in [5, 5.41) is 3.58. The molecule has 1 aliphatic rings. The highest BCUT2D eigenvalue weighted by molar-refractivity contribution is 4.70. The molecule has 0 aliphatic carbocycles. The zero-order valence-corrected chi connectivity index (χ0v) is 12.4. The van der Waals surface area contributed by atoms with Gasteiger partial charge in [-0.25, -0.2) is 0 Å². The first-order valence-electron chi connectivity index (χ1n) is 7.69. The lowest BCUT2D eigenvalue weighted by Gasteiger charge is -2.20. The van der Waals surface area contributed by atoms with E-state index in [1.165, 1.54) is 38.5 Å². The first kappa shape index (κ1) is 15.9. The third kappa shape index (κ3) is 7.34. The van der Waals surface area contributed by atoms with Gasteiger partial charge in [-0.1, -0.05) is 6.92 Å². The van der Waals surface area contributed by atoms with Crippen molar-refractivity contribution in [2.45, 2.75) is 77.5 Å². The van der Waals surface area contributed by atoms with E-state index in [-0.39, 0.29) is 0 Å². The van der Waals surface area contributed by atoms with Gasteiger partial charge in [-0.15, -0.1) is 0 Å². The highest BCUT2D eigenvalue weighted by atomic mass is 16.5. The smallest absolute Gasteiger partial charge is 0.0623 e. The highest BCUT2D eigenvalue weighted by Crippen LogP contribution is 2.18. The minimum absolute atomic E-state index is 0.328. The van der Waals surface area contributed by atoms with Gasteiger partial charge in [0, 0.05) is 12.6 Å². The Morgan fingerprint density at radius 3 is 2.83 bits per heavy atom. The van der Waals surface area contributed by atoms with Crippen LogP contribution in [0.25, 0.3) is 0 Å². The minimum atomic E-state index is 0.328. The average molecular weight is 257 g/mol. The molecule has 3 nitrogen and oxygen atoms in total. The van der Waals surface area contributed by atoms with E-state index in [1.807, 2.05) is 0 Å². The lowest BCUT2D eigenvalue weighted by molar-refractivity contribution is 0.0567. The maximum Gasteiger partial charge on any atom is 0.0623 e. The van der Waals surface area contributed by atoms with E-state index in [0.29, 0.717) is 18.2 Å². The van der Waals surface area contributed by atoms with E-state index in [0.717, 1.165) is 19.8 Å². The molecule has 1 rings (SSSR count). The van der Waals surface area contributed by atoms with Gasteiger partial charge >= 0.3 is 0 Å². The Kier molecular flexibility index (Phi) is 8.64. The van der Waals surface area contributed by atoms with Gasteiger partial charge < -0.3 is 14.8 Å². The van der Waals surface area contributed by atoms with Crippen molar-refractivity contribution in [3.63, 3.8) is 0 Å². The lowest BCUT2D eigenvalue weighted by atomic mass is 10.1. The molecule has 3 heteroatoms. The maximum absolute atomic E-state index is 5.73. The van der Waals surface area contributed by atoms with Crippen LogP contribution in [0.15, 0.2) is 0 Å². The van der Waals surface area contributed by atoms with Crippen molar-refractivity contribution in [3.05, 3.63) is 0 Å². The normalized spacial score (nSPS) is 21.7. The molecule has 18 heavy (non-hydrogen) atoms. The van der Waals surface area contributed by atoms with E-state index >= 15 is 0 Å². The Hall–Kier alpha value is -0.120. The van der Waals surface area contributed by atoms with Crippen molar-refractivity contribution >= 4 is 0 Å². The Morgan fingerprint density at radius 2 is 2.22 bits per heavy atom. The molecule has 1 heterocycles. The summed E-state index contributed by atoms with van der Waals surface area (Å²) in [6.07, 6.45) is 8.21. The fraction of sp³-hybridized carbons (Fsp3) is 1.00. The number of nitrogens with one attached hydrogen (secondary N) is 1. The van der Waals surface area contributed by atoms with Crippen molar-refractivity contribution in [2.24, 2.45) is 0 Å². The standard InChI is InChI=1S/C15H31NO2/c1-4-10-16-14(12-18-13(2)3)7-5-8-15-9-6-11-17-15/h13-16H,4-12H2,1-3H3. The third-order valence-electron chi connectivity index (χ3n) is 3.42. The second-order valence-electron chi connectivity index (χ2n) is 5.60. The van der Waals surface area contributed by atoms with Gasteiger partial charge in [-0.3, -0.25) is 0 Å². The summed E-state index contributed by atoms with van der Waals surface area (Å²) in [5.74, 6) is 0. The molecule has 2 atom stereocenters. The monoisotopic (exact) mass is 257 g/mol. The zero-order chi connectivity index (χ0) is 13.2. The molecule has 1 aliphatic heterocycles. The van der Waals surface area contributed by atoms with Crippen LogP contribution in [-0.2, 0) is 9.47 Å². The molecule has 1 saturated heterocycles. The zero-order valence-electron chi connectivity index (χ0n) is 12.4. The predicted molar refractivity (Wildman–Crippen MR) is 76.0 cm³/mol. The quantitative estimate of drug-likeness (QED) is 0.652. The molecule has 0 radical (unpaired) electrons.